The average molecular weight is 222 g/mol. The summed E-state index contributed by atoms with van der Waals surface area (Å²) in [4.78, 5) is 2.69. The first-order valence-corrected chi connectivity index (χ1v) is 7.15. The predicted molar refractivity (Wildman–Crippen MR) is 67.4 cm³/mol. The molecule has 3 heterocycles. The number of fused-ring (bicyclic) bond motifs is 3. The van der Waals surface area contributed by atoms with Gasteiger partial charge >= 0.3 is 0 Å². The van der Waals surface area contributed by atoms with Crippen molar-refractivity contribution >= 4 is 0 Å². The van der Waals surface area contributed by atoms with Gasteiger partial charge in [-0.05, 0) is 68.6 Å². The molecule has 4 atom stereocenters. The van der Waals surface area contributed by atoms with Gasteiger partial charge < -0.3 is 10.2 Å². The monoisotopic (exact) mass is 222 g/mol. The van der Waals surface area contributed by atoms with Crippen LogP contribution in [0.2, 0.25) is 0 Å². The molecule has 3 aliphatic rings. The second kappa shape index (κ2) is 3.99. The van der Waals surface area contributed by atoms with Gasteiger partial charge in [0.25, 0.3) is 0 Å². The highest BCUT2D eigenvalue weighted by Crippen LogP contribution is 2.52. The lowest BCUT2D eigenvalue weighted by atomic mass is 9.57. The molecule has 2 nitrogen and oxygen atoms in total. The first kappa shape index (κ1) is 11.0. The summed E-state index contributed by atoms with van der Waals surface area (Å²) in [6, 6.07) is 0. The van der Waals surface area contributed by atoms with Crippen molar-refractivity contribution in [1.29, 1.82) is 0 Å². The Kier molecular flexibility index (Phi) is 2.75. The fourth-order valence-electron chi connectivity index (χ4n) is 4.76. The van der Waals surface area contributed by atoms with Crippen molar-refractivity contribution in [3.05, 3.63) is 0 Å². The van der Waals surface area contributed by atoms with Crippen molar-refractivity contribution in [1.82, 2.24) is 10.2 Å². The maximum atomic E-state index is 3.63. The number of nitrogens with one attached hydrogen (secondary N) is 1. The Bertz CT molecular complexity index is 263. The molecule has 0 aromatic heterocycles. The minimum atomic E-state index is 0.701. The molecule has 3 aliphatic heterocycles. The Morgan fingerprint density at radius 3 is 2.94 bits per heavy atom. The van der Waals surface area contributed by atoms with Crippen LogP contribution < -0.4 is 5.32 Å². The molecule has 0 aromatic rings. The van der Waals surface area contributed by atoms with Crippen molar-refractivity contribution < 1.29 is 0 Å². The maximum absolute atomic E-state index is 3.63. The minimum absolute atomic E-state index is 0.701. The quantitative estimate of drug-likeness (QED) is 0.729. The number of nitrogens with zero attached hydrogens (tertiary/aromatic N) is 1. The Balaban J connectivity index is 1.87. The van der Waals surface area contributed by atoms with Crippen molar-refractivity contribution in [2.24, 2.45) is 23.2 Å². The molecule has 3 fully saturated rings. The molecular formula is C14H26N2. The lowest BCUT2D eigenvalue weighted by molar-refractivity contribution is -0.0216. The van der Waals surface area contributed by atoms with E-state index >= 15 is 0 Å². The zero-order chi connectivity index (χ0) is 11.2. The van der Waals surface area contributed by atoms with E-state index in [1.54, 1.807) is 0 Å². The van der Waals surface area contributed by atoms with Crippen LogP contribution >= 0.6 is 0 Å². The SMILES string of the molecule is CC(C)C1CNCCC12CCN1CCC2C1. The summed E-state index contributed by atoms with van der Waals surface area (Å²) in [7, 11) is 0. The van der Waals surface area contributed by atoms with E-state index in [1.165, 1.54) is 52.0 Å². The summed E-state index contributed by atoms with van der Waals surface area (Å²) in [5, 5.41) is 3.63. The van der Waals surface area contributed by atoms with Gasteiger partial charge in [0, 0.05) is 6.54 Å². The first-order valence-electron chi connectivity index (χ1n) is 7.15. The fourth-order valence-corrected chi connectivity index (χ4v) is 4.76. The van der Waals surface area contributed by atoms with E-state index in [2.05, 4.69) is 24.1 Å². The van der Waals surface area contributed by atoms with Crippen LogP contribution in [-0.2, 0) is 0 Å². The van der Waals surface area contributed by atoms with E-state index in [1.807, 2.05) is 0 Å². The van der Waals surface area contributed by atoms with Crippen molar-refractivity contribution in [3.63, 3.8) is 0 Å². The second-order valence-electron chi connectivity index (χ2n) is 6.57. The maximum Gasteiger partial charge on any atom is 0.00156 e. The molecule has 2 bridgehead atoms. The van der Waals surface area contributed by atoms with Gasteiger partial charge in [0.1, 0.15) is 0 Å². The minimum Gasteiger partial charge on any atom is -0.316 e. The van der Waals surface area contributed by atoms with E-state index in [0.29, 0.717) is 5.41 Å². The van der Waals surface area contributed by atoms with E-state index in [0.717, 1.165) is 17.8 Å². The molecule has 16 heavy (non-hydrogen) atoms. The Labute approximate surface area is 99.8 Å². The third-order valence-electron chi connectivity index (χ3n) is 5.65. The van der Waals surface area contributed by atoms with Gasteiger partial charge in [-0.3, -0.25) is 0 Å². The van der Waals surface area contributed by atoms with Crippen molar-refractivity contribution in [2.45, 2.75) is 33.1 Å². The highest BCUT2D eigenvalue weighted by atomic mass is 15.2. The Hall–Kier alpha value is -0.0800. The van der Waals surface area contributed by atoms with Gasteiger partial charge in [-0.15, -0.1) is 0 Å². The molecular weight excluding hydrogens is 196 g/mol. The van der Waals surface area contributed by atoms with E-state index in [9.17, 15) is 0 Å². The third kappa shape index (κ3) is 1.53. The van der Waals surface area contributed by atoms with Crippen LogP contribution in [0.1, 0.15) is 33.1 Å². The topological polar surface area (TPSA) is 15.3 Å². The average Bonchev–Trinajstić information content (AvgIpc) is 2.70. The summed E-state index contributed by atoms with van der Waals surface area (Å²) in [6.07, 6.45) is 4.39. The van der Waals surface area contributed by atoms with Gasteiger partial charge in [0.05, 0.1) is 0 Å². The summed E-state index contributed by atoms with van der Waals surface area (Å²) in [5.41, 5.74) is 0.701. The fraction of sp³-hybridized carbons (Fsp3) is 1.00. The molecule has 2 heteroatoms. The summed E-state index contributed by atoms with van der Waals surface area (Å²) in [5.74, 6) is 2.78. The number of hydrogen-bond donors (Lipinski definition) is 1. The zero-order valence-corrected chi connectivity index (χ0v) is 10.8. The number of rotatable bonds is 1. The first-order chi connectivity index (χ1) is 7.72. The number of hydrogen-bond acceptors (Lipinski definition) is 2. The van der Waals surface area contributed by atoms with Gasteiger partial charge in [-0.25, -0.2) is 0 Å². The van der Waals surface area contributed by atoms with Crippen LogP contribution in [0.25, 0.3) is 0 Å². The van der Waals surface area contributed by atoms with Gasteiger partial charge in [0.15, 0.2) is 0 Å². The van der Waals surface area contributed by atoms with Crippen LogP contribution in [0.4, 0.5) is 0 Å². The van der Waals surface area contributed by atoms with Crippen molar-refractivity contribution in [3.8, 4) is 0 Å². The molecule has 92 valence electrons. The van der Waals surface area contributed by atoms with E-state index in [4.69, 9.17) is 0 Å². The summed E-state index contributed by atoms with van der Waals surface area (Å²) in [6.45, 7) is 11.6. The predicted octanol–water partition coefficient (Wildman–Crippen LogP) is 1.96. The van der Waals surface area contributed by atoms with Crippen LogP contribution in [0.5, 0.6) is 0 Å². The normalized spacial score (nSPS) is 47.8. The lowest BCUT2D eigenvalue weighted by Gasteiger charge is -2.53. The molecule has 4 unspecified atom stereocenters. The smallest absolute Gasteiger partial charge is 0.00156 e. The van der Waals surface area contributed by atoms with Gasteiger partial charge in [0.2, 0.25) is 0 Å². The molecule has 3 rings (SSSR count). The molecule has 1 N–H and O–H groups in total. The second-order valence-corrected chi connectivity index (χ2v) is 6.57. The third-order valence-corrected chi connectivity index (χ3v) is 5.65. The highest BCUT2D eigenvalue weighted by molar-refractivity contribution is 5.03. The molecule has 1 spiro atoms. The summed E-state index contributed by atoms with van der Waals surface area (Å²) < 4.78 is 0. The lowest BCUT2D eigenvalue weighted by Crippen LogP contribution is -2.54. The zero-order valence-electron chi connectivity index (χ0n) is 10.8. The van der Waals surface area contributed by atoms with E-state index < -0.39 is 0 Å². The Morgan fingerprint density at radius 2 is 2.12 bits per heavy atom. The van der Waals surface area contributed by atoms with Crippen LogP contribution in [0.3, 0.4) is 0 Å². The van der Waals surface area contributed by atoms with Gasteiger partial charge in [-0.2, -0.15) is 0 Å². The molecule has 0 saturated carbocycles. The largest absolute Gasteiger partial charge is 0.316 e. The van der Waals surface area contributed by atoms with E-state index in [-0.39, 0.29) is 0 Å². The van der Waals surface area contributed by atoms with Crippen molar-refractivity contribution in [2.75, 3.05) is 32.7 Å². The Morgan fingerprint density at radius 1 is 1.25 bits per heavy atom. The highest BCUT2D eigenvalue weighted by Gasteiger charge is 2.51. The molecule has 0 radical (unpaired) electrons. The molecule has 0 amide bonds. The number of piperidine rings is 2. The van der Waals surface area contributed by atoms with Crippen LogP contribution in [0.15, 0.2) is 0 Å². The standard InChI is InChI=1S/C14H26N2/c1-11(2)13-9-15-6-4-14(13)5-8-16-7-3-12(14)10-16/h11-13,15H,3-10H2,1-2H3. The van der Waals surface area contributed by atoms with Gasteiger partial charge in [-0.1, -0.05) is 13.8 Å². The molecule has 0 aromatic carbocycles. The van der Waals surface area contributed by atoms with Crippen LogP contribution in [-0.4, -0.2) is 37.6 Å². The summed E-state index contributed by atoms with van der Waals surface area (Å²) >= 11 is 0. The van der Waals surface area contributed by atoms with Crippen LogP contribution in [0, 0.1) is 23.2 Å². The molecule has 0 aliphatic carbocycles. The molecule has 3 saturated heterocycles.